The summed E-state index contributed by atoms with van der Waals surface area (Å²) in [5, 5.41) is 0. The number of hydrogen-bond acceptors (Lipinski definition) is 2. The number of nitrogens with zero attached hydrogens (tertiary/aromatic N) is 1. The summed E-state index contributed by atoms with van der Waals surface area (Å²) in [6.45, 7) is 7.49. The Bertz CT molecular complexity index is 306. The van der Waals surface area contributed by atoms with Crippen LogP contribution in [0.15, 0.2) is 0 Å². The second kappa shape index (κ2) is 5.20. The molecule has 0 aliphatic heterocycles. The van der Waals surface area contributed by atoms with Crippen molar-refractivity contribution in [1.82, 2.24) is 4.90 Å². The number of carbonyl (C=O) groups excluding carboxylic acids is 1. The highest BCUT2D eigenvalue weighted by Crippen LogP contribution is 2.52. The van der Waals surface area contributed by atoms with E-state index in [4.69, 9.17) is 5.73 Å². The predicted molar refractivity (Wildman–Crippen MR) is 74.1 cm³/mol. The van der Waals surface area contributed by atoms with E-state index in [0.717, 1.165) is 45.1 Å². The standard InChI is InChI=1S/C15H28N2O/c1-4-9-17(12-7-5-11(16)6-8-12)14(18)13-10-15(13,2)3/h11-13H,4-10,16H2,1-3H3. The van der Waals surface area contributed by atoms with Crippen LogP contribution in [0.1, 0.15) is 59.3 Å². The Hall–Kier alpha value is -0.570. The summed E-state index contributed by atoms with van der Waals surface area (Å²) >= 11 is 0. The lowest BCUT2D eigenvalue weighted by atomic mass is 9.90. The SMILES string of the molecule is CCCN(C(=O)C1CC1(C)C)C1CCC(N)CC1. The normalized spacial score (nSPS) is 34.1. The van der Waals surface area contributed by atoms with Crippen molar-refractivity contribution in [3.05, 3.63) is 0 Å². The van der Waals surface area contributed by atoms with Gasteiger partial charge in [-0.05, 0) is 43.9 Å². The molecule has 2 N–H and O–H groups in total. The maximum Gasteiger partial charge on any atom is 0.226 e. The summed E-state index contributed by atoms with van der Waals surface area (Å²) in [6.07, 6.45) is 6.47. The molecule has 0 spiro atoms. The first-order valence-electron chi connectivity index (χ1n) is 7.51. The van der Waals surface area contributed by atoms with E-state index in [1.807, 2.05) is 0 Å². The molecule has 2 saturated carbocycles. The first-order valence-corrected chi connectivity index (χ1v) is 7.51. The Labute approximate surface area is 111 Å². The number of nitrogens with two attached hydrogens (primary N) is 1. The average molecular weight is 252 g/mol. The van der Waals surface area contributed by atoms with Gasteiger partial charge in [-0.1, -0.05) is 20.8 Å². The molecule has 2 aliphatic rings. The van der Waals surface area contributed by atoms with E-state index >= 15 is 0 Å². The molecule has 2 aliphatic carbocycles. The van der Waals surface area contributed by atoms with Crippen molar-refractivity contribution in [2.24, 2.45) is 17.1 Å². The van der Waals surface area contributed by atoms with Crippen LogP contribution in [0.4, 0.5) is 0 Å². The van der Waals surface area contributed by atoms with Crippen LogP contribution in [0.3, 0.4) is 0 Å². The minimum atomic E-state index is 0.244. The van der Waals surface area contributed by atoms with Crippen molar-refractivity contribution in [2.45, 2.75) is 71.4 Å². The van der Waals surface area contributed by atoms with Gasteiger partial charge in [-0.2, -0.15) is 0 Å². The van der Waals surface area contributed by atoms with Gasteiger partial charge in [0, 0.05) is 24.5 Å². The largest absolute Gasteiger partial charge is 0.339 e. The molecule has 0 aromatic rings. The number of rotatable bonds is 4. The van der Waals surface area contributed by atoms with Crippen molar-refractivity contribution in [3.63, 3.8) is 0 Å². The predicted octanol–water partition coefficient (Wildman–Crippen LogP) is 2.54. The average Bonchev–Trinajstić information content (AvgIpc) is 2.96. The van der Waals surface area contributed by atoms with Crippen molar-refractivity contribution >= 4 is 5.91 Å². The van der Waals surface area contributed by atoms with Gasteiger partial charge in [0.05, 0.1) is 0 Å². The quantitative estimate of drug-likeness (QED) is 0.835. The van der Waals surface area contributed by atoms with Gasteiger partial charge in [-0.25, -0.2) is 0 Å². The van der Waals surface area contributed by atoms with Crippen molar-refractivity contribution in [3.8, 4) is 0 Å². The second-order valence-corrected chi connectivity index (χ2v) is 6.85. The topological polar surface area (TPSA) is 46.3 Å². The van der Waals surface area contributed by atoms with Crippen LogP contribution in [-0.4, -0.2) is 29.4 Å². The van der Waals surface area contributed by atoms with Crippen molar-refractivity contribution in [2.75, 3.05) is 6.54 Å². The van der Waals surface area contributed by atoms with Crippen molar-refractivity contribution < 1.29 is 4.79 Å². The van der Waals surface area contributed by atoms with Crippen molar-refractivity contribution in [1.29, 1.82) is 0 Å². The Balaban J connectivity index is 1.97. The van der Waals surface area contributed by atoms with Gasteiger partial charge in [0.15, 0.2) is 0 Å². The Kier molecular flexibility index (Phi) is 4.00. The fourth-order valence-electron chi connectivity index (χ4n) is 3.22. The molecule has 1 atom stereocenters. The maximum absolute atomic E-state index is 12.6. The molecule has 2 rings (SSSR count). The zero-order chi connectivity index (χ0) is 13.3. The van der Waals surface area contributed by atoms with Gasteiger partial charge in [0.2, 0.25) is 5.91 Å². The van der Waals surface area contributed by atoms with Crippen LogP contribution in [0.25, 0.3) is 0 Å². The monoisotopic (exact) mass is 252 g/mol. The Morgan fingerprint density at radius 3 is 2.28 bits per heavy atom. The smallest absolute Gasteiger partial charge is 0.226 e. The summed E-state index contributed by atoms with van der Waals surface area (Å²) in [5.41, 5.74) is 6.20. The van der Waals surface area contributed by atoms with E-state index < -0.39 is 0 Å². The van der Waals surface area contributed by atoms with Gasteiger partial charge in [0.25, 0.3) is 0 Å². The van der Waals surface area contributed by atoms with Crippen LogP contribution in [-0.2, 0) is 4.79 Å². The molecule has 0 bridgehead atoms. The molecule has 0 aromatic heterocycles. The van der Waals surface area contributed by atoms with Gasteiger partial charge < -0.3 is 10.6 Å². The summed E-state index contributed by atoms with van der Waals surface area (Å²) in [5.74, 6) is 0.682. The first kappa shape index (κ1) is 13.9. The number of carbonyl (C=O) groups is 1. The fraction of sp³-hybridized carbons (Fsp3) is 0.933. The first-order chi connectivity index (χ1) is 8.45. The lowest BCUT2D eigenvalue weighted by Crippen LogP contribution is -2.45. The fourth-order valence-corrected chi connectivity index (χ4v) is 3.22. The van der Waals surface area contributed by atoms with Gasteiger partial charge in [-0.3, -0.25) is 4.79 Å². The van der Waals surface area contributed by atoms with E-state index in [2.05, 4.69) is 25.7 Å². The number of amides is 1. The zero-order valence-corrected chi connectivity index (χ0v) is 12.1. The molecule has 2 fully saturated rings. The summed E-state index contributed by atoms with van der Waals surface area (Å²) < 4.78 is 0. The molecule has 3 nitrogen and oxygen atoms in total. The van der Waals surface area contributed by atoms with Crippen LogP contribution < -0.4 is 5.73 Å². The van der Waals surface area contributed by atoms with Crippen LogP contribution in [0.5, 0.6) is 0 Å². The summed E-state index contributed by atoms with van der Waals surface area (Å²) in [7, 11) is 0. The lowest BCUT2D eigenvalue weighted by Gasteiger charge is -2.36. The van der Waals surface area contributed by atoms with E-state index in [-0.39, 0.29) is 11.3 Å². The highest BCUT2D eigenvalue weighted by molar-refractivity contribution is 5.82. The van der Waals surface area contributed by atoms with Gasteiger partial charge >= 0.3 is 0 Å². The van der Waals surface area contributed by atoms with E-state index in [1.165, 1.54) is 0 Å². The summed E-state index contributed by atoms with van der Waals surface area (Å²) in [6, 6.07) is 0.811. The minimum Gasteiger partial charge on any atom is -0.339 e. The highest BCUT2D eigenvalue weighted by Gasteiger charge is 2.52. The minimum absolute atomic E-state index is 0.244. The van der Waals surface area contributed by atoms with E-state index in [1.54, 1.807) is 0 Å². The molecule has 104 valence electrons. The maximum atomic E-state index is 12.6. The Morgan fingerprint density at radius 1 is 1.28 bits per heavy atom. The zero-order valence-electron chi connectivity index (χ0n) is 12.1. The molecule has 3 heteroatoms. The number of hydrogen-bond donors (Lipinski definition) is 1. The lowest BCUT2D eigenvalue weighted by molar-refractivity contribution is -0.136. The molecule has 1 unspecified atom stereocenters. The van der Waals surface area contributed by atoms with E-state index in [9.17, 15) is 4.79 Å². The molecule has 0 aromatic carbocycles. The third-order valence-corrected chi connectivity index (χ3v) is 4.74. The Morgan fingerprint density at radius 2 is 1.83 bits per heavy atom. The molecule has 0 saturated heterocycles. The molecular formula is C15H28N2O. The van der Waals surface area contributed by atoms with Crippen LogP contribution in [0.2, 0.25) is 0 Å². The molecule has 0 radical (unpaired) electrons. The third kappa shape index (κ3) is 2.87. The second-order valence-electron chi connectivity index (χ2n) is 6.85. The van der Waals surface area contributed by atoms with E-state index in [0.29, 0.717) is 18.0 Å². The van der Waals surface area contributed by atoms with Gasteiger partial charge in [0.1, 0.15) is 0 Å². The van der Waals surface area contributed by atoms with Gasteiger partial charge in [-0.15, -0.1) is 0 Å². The molecule has 18 heavy (non-hydrogen) atoms. The molecular weight excluding hydrogens is 224 g/mol. The third-order valence-electron chi connectivity index (χ3n) is 4.74. The molecule has 1 amide bonds. The highest BCUT2D eigenvalue weighted by atomic mass is 16.2. The van der Waals surface area contributed by atoms with Crippen LogP contribution >= 0.6 is 0 Å². The van der Waals surface area contributed by atoms with Crippen LogP contribution in [0, 0.1) is 11.3 Å². The summed E-state index contributed by atoms with van der Waals surface area (Å²) in [4.78, 5) is 14.8. The molecule has 0 heterocycles.